The number of aromatic nitrogens is 2. The summed E-state index contributed by atoms with van der Waals surface area (Å²) in [4.78, 5) is 0. The summed E-state index contributed by atoms with van der Waals surface area (Å²) in [6.45, 7) is 0. The SMILES string of the molecule is c1ccc(-c2ccc3c(c2)c2cc4c(c5ccccc5n4-c4ccccc4)c4c5ccccc5n3c24)cc1. The first kappa shape index (κ1) is 20.0. The van der Waals surface area contributed by atoms with E-state index in [4.69, 9.17) is 0 Å². The molecular formula is C36H22N2. The largest absolute Gasteiger partial charge is 0.309 e. The van der Waals surface area contributed by atoms with Crippen LogP contribution < -0.4 is 0 Å². The smallest absolute Gasteiger partial charge is 0.0628 e. The number of para-hydroxylation sites is 3. The molecule has 0 fully saturated rings. The molecular weight excluding hydrogens is 460 g/mol. The number of rotatable bonds is 2. The second-order valence-corrected chi connectivity index (χ2v) is 10.2. The molecule has 176 valence electrons. The van der Waals surface area contributed by atoms with Crippen molar-refractivity contribution < 1.29 is 0 Å². The summed E-state index contributed by atoms with van der Waals surface area (Å²) in [5.74, 6) is 0. The molecule has 3 heterocycles. The van der Waals surface area contributed by atoms with Crippen molar-refractivity contribution in [2.75, 3.05) is 0 Å². The first-order chi connectivity index (χ1) is 18.9. The van der Waals surface area contributed by atoms with E-state index in [0.717, 1.165) is 0 Å². The lowest BCUT2D eigenvalue weighted by Crippen LogP contribution is -1.92. The van der Waals surface area contributed by atoms with Gasteiger partial charge in [-0.2, -0.15) is 0 Å². The van der Waals surface area contributed by atoms with E-state index in [9.17, 15) is 0 Å². The molecule has 0 spiro atoms. The Hall–Kier alpha value is -5.08. The second-order valence-electron chi connectivity index (χ2n) is 10.2. The molecule has 0 bridgehead atoms. The van der Waals surface area contributed by atoms with Gasteiger partial charge in [-0.3, -0.25) is 0 Å². The number of hydrogen-bond acceptors (Lipinski definition) is 0. The fraction of sp³-hybridized carbons (Fsp3) is 0. The van der Waals surface area contributed by atoms with E-state index < -0.39 is 0 Å². The van der Waals surface area contributed by atoms with Crippen molar-refractivity contribution in [1.82, 2.24) is 8.97 Å². The Labute approximate surface area is 218 Å². The van der Waals surface area contributed by atoms with E-state index in [1.165, 1.54) is 76.7 Å². The van der Waals surface area contributed by atoms with Crippen molar-refractivity contribution in [3.63, 3.8) is 0 Å². The number of hydrogen-bond donors (Lipinski definition) is 0. The molecule has 6 aromatic carbocycles. The predicted octanol–water partition coefficient (Wildman–Crippen LogP) is 9.60. The molecule has 2 nitrogen and oxygen atoms in total. The summed E-state index contributed by atoms with van der Waals surface area (Å²) in [5, 5.41) is 7.87. The van der Waals surface area contributed by atoms with Crippen LogP contribution in [0.5, 0.6) is 0 Å². The maximum absolute atomic E-state index is 2.48. The highest BCUT2D eigenvalue weighted by Gasteiger charge is 2.24. The Kier molecular flexibility index (Phi) is 3.82. The Morgan fingerprint density at radius 2 is 1.00 bits per heavy atom. The van der Waals surface area contributed by atoms with Gasteiger partial charge in [0.05, 0.1) is 27.6 Å². The van der Waals surface area contributed by atoms with Crippen molar-refractivity contribution in [2.45, 2.75) is 0 Å². The predicted molar refractivity (Wildman–Crippen MR) is 161 cm³/mol. The van der Waals surface area contributed by atoms with Gasteiger partial charge in [0, 0.05) is 38.0 Å². The van der Waals surface area contributed by atoms with Crippen LogP contribution in [0.3, 0.4) is 0 Å². The van der Waals surface area contributed by atoms with Gasteiger partial charge < -0.3 is 8.97 Å². The molecule has 0 aliphatic rings. The lowest BCUT2D eigenvalue weighted by atomic mass is 10.00. The van der Waals surface area contributed by atoms with Crippen molar-refractivity contribution in [3.8, 4) is 16.8 Å². The van der Waals surface area contributed by atoms with Gasteiger partial charge in [-0.05, 0) is 53.6 Å². The zero-order valence-corrected chi connectivity index (χ0v) is 20.6. The van der Waals surface area contributed by atoms with E-state index >= 15 is 0 Å². The van der Waals surface area contributed by atoms with Crippen LogP contribution >= 0.6 is 0 Å². The van der Waals surface area contributed by atoms with E-state index in [0.29, 0.717) is 0 Å². The lowest BCUT2D eigenvalue weighted by Gasteiger charge is -2.08. The third-order valence-corrected chi connectivity index (χ3v) is 8.22. The zero-order chi connectivity index (χ0) is 24.8. The molecule has 0 atom stereocenters. The molecule has 9 rings (SSSR count). The van der Waals surface area contributed by atoms with Crippen molar-refractivity contribution in [1.29, 1.82) is 0 Å². The summed E-state index contributed by atoms with van der Waals surface area (Å²) in [6, 6.07) is 48.5. The third-order valence-electron chi connectivity index (χ3n) is 8.22. The fourth-order valence-electron chi connectivity index (χ4n) is 6.68. The summed E-state index contributed by atoms with van der Waals surface area (Å²) < 4.78 is 4.92. The molecule has 0 amide bonds. The Morgan fingerprint density at radius 3 is 1.79 bits per heavy atom. The number of fused-ring (bicyclic) bond motifs is 10. The van der Waals surface area contributed by atoms with E-state index in [1.54, 1.807) is 0 Å². The van der Waals surface area contributed by atoms with Gasteiger partial charge >= 0.3 is 0 Å². The standard InChI is InChI=1S/C36H22N2/c1-3-11-23(12-4-1)24-19-20-32-28(21-24)29-22-33-34(35-27-16-8-10-18-31(27)38(32)36(29)35)26-15-7-9-17-30(26)37(33)25-13-5-2-6-14-25/h1-22H. The van der Waals surface area contributed by atoms with Gasteiger partial charge in [0.1, 0.15) is 0 Å². The molecule has 2 heteroatoms. The van der Waals surface area contributed by atoms with Crippen LogP contribution in [-0.2, 0) is 0 Å². The summed E-state index contributed by atoms with van der Waals surface area (Å²) >= 11 is 0. The Bertz CT molecular complexity index is 2320. The highest BCUT2D eigenvalue weighted by atomic mass is 15.0. The van der Waals surface area contributed by atoms with Gasteiger partial charge in [0.25, 0.3) is 0 Å². The van der Waals surface area contributed by atoms with Crippen molar-refractivity contribution in [2.24, 2.45) is 0 Å². The molecule has 9 aromatic rings. The molecule has 0 saturated heterocycles. The Balaban J connectivity index is 1.56. The summed E-state index contributed by atoms with van der Waals surface area (Å²) in [7, 11) is 0. The topological polar surface area (TPSA) is 9.34 Å². The quantitative estimate of drug-likeness (QED) is 0.232. The maximum Gasteiger partial charge on any atom is 0.0628 e. The van der Waals surface area contributed by atoms with Gasteiger partial charge in [0.15, 0.2) is 0 Å². The second kappa shape index (κ2) is 7.24. The average molecular weight is 483 g/mol. The van der Waals surface area contributed by atoms with Crippen LogP contribution in [0.1, 0.15) is 0 Å². The minimum Gasteiger partial charge on any atom is -0.309 e. The lowest BCUT2D eigenvalue weighted by molar-refractivity contribution is 1.18. The first-order valence-corrected chi connectivity index (χ1v) is 13.1. The van der Waals surface area contributed by atoms with Gasteiger partial charge in [0.2, 0.25) is 0 Å². The molecule has 0 saturated carbocycles. The van der Waals surface area contributed by atoms with E-state index in [-0.39, 0.29) is 0 Å². The minimum absolute atomic E-state index is 1.19. The molecule has 0 aliphatic heterocycles. The summed E-state index contributed by atoms with van der Waals surface area (Å²) in [5.41, 5.74) is 10.0. The van der Waals surface area contributed by atoms with Gasteiger partial charge in [-0.1, -0.05) is 91.0 Å². The van der Waals surface area contributed by atoms with E-state index in [2.05, 4.69) is 142 Å². The van der Waals surface area contributed by atoms with Gasteiger partial charge in [-0.25, -0.2) is 0 Å². The van der Waals surface area contributed by atoms with Crippen LogP contribution in [-0.4, -0.2) is 8.97 Å². The van der Waals surface area contributed by atoms with E-state index in [1.807, 2.05) is 0 Å². The minimum atomic E-state index is 1.19. The molecule has 0 radical (unpaired) electrons. The highest BCUT2D eigenvalue weighted by molar-refractivity contribution is 6.35. The third kappa shape index (κ3) is 2.47. The summed E-state index contributed by atoms with van der Waals surface area (Å²) in [6.07, 6.45) is 0. The normalized spacial score (nSPS) is 12.2. The maximum atomic E-state index is 2.48. The molecule has 0 N–H and O–H groups in total. The van der Waals surface area contributed by atoms with Crippen LogP contribution in [0.15, 0.2) is 133 Å². The van der Waals surface area contributed by atoms with Gasteiger partial charge in [-0.15, -0.1) is 0 Å². The average Bonchev–Trinajstić information content (AvgIpc) is 3.62. The molecule has 0 aliphatic carbocycles. The van der Waals surface area contributed by atoms with Crippen LogP contribution in [0.25, 0.3) is 76.7 Å². The molecule has 38 heavy (non-hydrogen) atoms. The number of benzene rings is 6. The zero-order valence-electron chi connectivity index (χ0n) is 20.6. The fourth-order valence-corrected chi connectivity index (χ4v) is 6.68. The first-order valence-electron chi connectivity index (χ1n) is 13.1. The van der Waals surface area contributed by atoms with Crippen LogP contribution in [0.2, 0.25) is 0 Å². The Morgan fingerprint density at radius 1 is 0.368 bits per heavy atom. The molecule has 0 unspecified atom stereocenters. The van der Waals surface area contributed by atoms with Crippen molar-refractivity contribution >= 4 is 59.9 Å². The molecule has 3 aromatic heterocycles. The van der Waals surface area contributed by atoms with Crippen LogP contribution in [0, 0.1) is 0 Å². The number of nitrogens with zero attached hydrogens (tertiary/aromatic N) is 2. The van der Waals surface area contributed by atoms with Crippen molar-refractivity contribution in [3.05, 3.63) is 133 Å². The van der Waals surface area contributed by atoms with Crippen LogP contribution in [0.4, 0.5) is 0 Å². The monoisotopic (exact) mass is 482 g/mol. The highest BCUT2D eigenvalue weighted by Crippen LogP contribution is 2.46.